The third kappa shape index (κ3) is 3.90. The first-order chi connectivity index (χ1) is 12.7. The molecule has 0 bridgehead atoms. The highest BCUT2D eigenvalue weighted by Crippen LogP contribution is 2.46. The summed E-state index contributed by atoms with van der Waals surface area (Å²) in [5.41, 5.74) is 2.83. The van der Waals surface area contributed by atoms with Crippen LogP contribution in [-0.4, -0.2) is 4.98 Å². The second-order valence-corrected chi connectivity index (χ2v) is 8.29. The van der Waals surface area contributed by atoms with Gasteiger partial charge in [-0.1, -0.05) is 50.5 Å². The molecule has 0 radical (unpaired) electrons. The summed E-state index contributed by atoms with van der Waals surface area (Å²) >= 11 is 0. The second-order valence-electron chi connectivity index (χ2n) is 8.29. The molecule has 0 amide bonds. The monoisotopic (exact) mass is 349 g/mol. The van der Waals surface area contributed by atoms with E-state index < -0.39 is 0 Å². The molecule has 2 aliphatic carbocycles. The summed E-state index contributed by atoms with van der Waals surface area (Å²) in [6.07, 6.45) is 14.9. The lowest BCUT2D eigenvalue weighted by molar-refractivity contribution is 0.0974. The van der Waals surface area contributed by atoms with Crippen molar-refractivity contribution in [2.45, 2.75) is 45.4 Å². The van der Waals surface area contributed by atoms with Gasteiger partial charge in [-0.3, -0.25) is 4.98 Å². The maximum absolute atomic E-state index is 13.4. The minimum Gasteiger partial charge on any atom is -0.256 e. The molecule has 1 aromatic carbocycles. The van der Waals surface area contributed by atoms with Gasteiger partial charge in [0.05, 0.1) is 5.69 Å². The van der Waals surface area contributed by atoms with Crippen molar-refractivity contribution in [3.8, 4) is 11.1 Å². The van der Waals surface area contributed by atoms with Crippen molar-refractivity contribution in [3.63, 3.8) is 0 Å². The van der Waals surface area contributed by atoms with Gasteiger partial charge in [-0.05, 0) is 72.8 Å². The number of fused-ring (bicyclic) bond motifs is 1. The van der Waals surface area contributed by atoms with E-state index in [4.69, 9.17) is 0 Å². The number of hydrogen-bond acceptors (Lipinski definition) is 1. The largest absolute Gasteiger partial charge is 0.256 e. The highest BCUT2D eigenvalue weighted by Gasteiger charge is 2.36. The molecule has 0 aliphatic heterocycles. The molecule has 0 saturated heterocycles. The maximum Gasteiger partial charge on any atom is 0.123 e. The van der Waals surface area contributed by atoms with E-state index in [0.717, 1.165) is 34.6 Å². The molecule has 4 rings (SSSR count). The zero-order chi connectivity index (χ0) is 17.9. The molecule has 1 heterocycles. The molecular weight excluding hydrogens is 321 g/mol. The Morgan fingerprint density at radius 3 is 2.73 bits per heavy atom. The lowest BCUT2D eigenvalue weighted by atomic mass is 9.63. The summed E-state index contributed by atoms with van der Waals surface area (Å²) in [7, 11) is 0. The molecular formula is C24H28FN. The van der Waals surface area contributed by atoms with Crippen LogP contribution in [0.15, 0.2) is 48.7 Å². The SMILES string of the molecule is CC1CC(/C=C/c2ccc(-c3cccc(F)c3)cn2)C2CCCCC2C1. The van der Waals surface area contributed by atoms with Crippen LogP contribution in [0.4, 0.5) is 4.39 Å². The Morgan fingerprint density at radius 1 is 1.04 bits per heavy atom. The van der Waals surface area contributed by atoms with Crippen LogP contribution < -0.4 is 0 Å². The first kappa shape index (κ1) is 17.5. The number of nitrogens with zero attached hydrogens (tertiary/aromatic N) is 1. The topological polar surface area (TPSA) is 12.9 Å². The molecule has 0 spiro atoms. The molecule has 2 heteroatoms. The van der Waals surface area contributed by atoms with E-state index in [1.54, 1.807) is 12.1 Å². The third-order valence-corrected chi connectivity index (χ3v) is 6.36. The molecule has 1 aromatic heterocycles. The van der Waals surface area contributed by atoms with E-state index in [9.17, 15) is 4.39 Å². The van der Waals surface area contributed by atoms with Crippen LogP contribution in [0.5, 0.6) is 0 Å². The molecule has 4 atom stereocenters. The summed E-state index contributed by atoms with van der Waals surface area (Å²) in [6, 6.07) is 10.8. The summed E-state index contributed by atoms with van der Waals surface area (Å²) in [5.74, 6) is 3.15. The van der Waals surface area contributed by atoms with E-state index in [0.29, 0.717) is 5.92 Å². The van der Waals surface area contributed by atoms with E-state index in [1.165, 1.54) is 44.6 Å². The van der Waals surface area contributed by atoms with Gasteiger partial charge in [0.15, 0.2) is 0 Å². The lowest BCUT2D eigenvalue weighted by Gasteiger charge is -2.43. The Morgan fingerprint density at radius 2 is 1.92 bits per heavy atom. The van der Waals surface area contributed by atoms with Crippen molar-refractivity contribution in [2.75, 3.05) is 0 Å². The highest BCUT2D eigenvalue weighted by molar-refractivity contribution is 5.63. The summed E-state index contributed by atoms with van der Waals surface area (Å²) < 4.78 is 13.4. The molecule has 1 nitrogen and oxygen atoms in total. The number of benzene rings is 1. The van der Waals surface area contributed by atoms with Crippen LogP contribution in [0.25, 0.3) is 17.2 Å². The van der Waals surface area contributed by atoms with Crippen molar-refractivity contribution < 1.29 is 4.39 Å². The molecule has 0 N–H and O–H groups in total. The minimum atomic E-state index is -0.208. The maximum atomic E-state index is 13.4. The Labute approximate surface area is 156 Å². The minimum absolute atomic E-state index is 0.208. The van der Waals surface area contributed by atoms with Gasteiger partial charge in [0.25, 0.3) is 0 Å². The van der Waals surface area contributed by atoms with Crippen molar-refractivity contribution in [1.29, 1.82) is 0 Å². The van der Waals surface area contributed by atoms with Crippen molar-refractivity contribution in [2.24, 2.45) is 23.7 Å². The Kier molecular flexibility index (Phi) is 5.19. The first-order valence-corrected chi connectivity index (χ1v) is 10.1. The number of hydrogen-bond donors (Lipinski definition) is 0. The van der Waals surface area contributed by atoms with Crippen molar-refractivity contribution >= 4 is 6.08 Å². The number of pyridine rings is 1. The fourth-order valence-corrected chi connectivity index (χ4v) is 5.13. The predicted octanol–water partition coefficient (Wildman–Crippen LogP) is 6.75. The lowest BCUT2D eigenvalue weighted by Crippen LogP contribution is -2.33. The van der Waals surface area contributed by atoms with Gasteiger partial charge in [-0.2, -0.15) is 0 Å². The zero-order valence-corrected chi connectivity index (χ0v) is 15.6. The van der Waals surface area contributed by atoms with E-state index >= 15 is 0 Å². The predicted molar refractivity (Wildman–Crippen MR) is 106 cm³/mol. The quantitative estimate of drug-likeness (QED) is 0.597. The van der Waals surface area contributed by atoms with Crippen molar-refractivity contribution in [1.82, 2.24) is 4.98 Å². The molecule has 136 valence electrons. The summed E-state index contributed by atoms with van der Waals surface area (Å²) in [6.45, 7) is 2.41. The molecule has 2 aromatic rings. The molecule has 26 heavy (non-hydrogen) atoms. The van der Waals surface area contributed by atoms with Gasteiger partial charge in [-0.25, -0.2) is 4.39 Å². The van der Waals surface area contributed by atoms with Crippen LogP contribution in [0, 0.1) is 29.5 Å². The average Bonchev–Trinajstić information content (AvgIpc) is 2.66. The van der Waals surface area contributed by atoms with Gasteiger partial charge >= 0.3 is 0 Å². The van der Waals surface area contributed by atoms with Crippen LogP contribution in [0.3, 0.4) is 0 Å². The van der Waals surface area contributed by atoms with Gasteiger partial charge in [0.2, 0.25) is 0 Å². The average molecular weight is 349 g/mol. The molecule has 2 aliphatic rings. The van der Waals surface area contributed by atoms with Gasteiger partial charge in [0, 0.05) is 11.8 Å². The van der Waals surface area contributed by atoms with Gasteiger partial charge in [0.1, 0.15) is 5.82 Å². The highest BCUT2D eigenvalue weighted by atomic mass is 19.1. The summed E-state index contributed by atoms with van der Waals surface area (Å²) in [5, 5.41) is 0. The Bertz CT molecular complexity index is 764. The van der Waals surface area contributed by atoms with Crippen LogP contribution in [-0.2, 0) is 0 Å². The van der Waals surface area contributed by atoms with Gasteiger partial charge in [-0.15, -0.1) is 0 Å². The van der Waals surface area contributed by atoms with Crippen LogP contribution in [0.1, 0.15) is 51.1 Å². The van der Waals surface area contributed by atoms with Crippen LogP contribution >= 0.6 is 0 Å². The molecule has 2 saturated carbocycles. The van der Waals surface area contributed by atoms with Crippen molar-refractivity contribution in [3.05, 3.63) is 60.2 Å². The number of halogens is 1. The molecule has 2 fully saturated rings. The van der Waals surface area contributed by atoms with E-state index in [-0.39, 0.29) is 5.82 Å². The standard InChI is InChI=1S/C24H28FN/c1-17-13-19-5-2-3-8-24(19)20(14-17)9-11-23-12-10-21(16-26-23)18-6-4-7-22(25)15-18/h4,6-7,9-12,15-17,19-20,24H,2-3,5,8,13-14H2,1H3/b11-9+. The van der Waals surface area contributed by atoms with E-state index in [2.05, 4.69) is 24.1 Å². The number of rotatable bonds is 3. The third-order valence-electron chi connectivity index (χ3n) is 6.36. The smallest absolute Gasteiger partial charge is 0.123 e. The van der Waals surface area contributed by atoms with E-state index in [1.807, 2.05) is 24.4 Å². The summed E-state index contributed by atoms with van der Waals surface area (Å²) in [4.78, 5) is 4.58. The molecule has 4 unspecified atom stereocenters. The van der Waals surface area contributed by atoms with Gasteiger partial charge < -0.3 is 0 Å². The Balaban J connectivity index is 1.48. The fourth-order valence-electron chi connectivity index (χ4n) is 5.13. The Hall–Kier alpha value is -1.96. The second kappa shape index (κ2) is 7.73. The fraction of sp³-hybridized carbons (Fsp3) is 0.458. The normalized spacial score (nSPS) is 28.8. The first-order valence-electron chi connectivity index (χ1n) is 10.1. The number of allylic oxidation sites excluding steroid dienone is 1. The van der Waals surface area contributed by atoms with Crippen LogP contribution in [0.2, 0.25) is 0 Å². The zero-order valence-electron chi connectivity index (χ0n) is 15.6. The number of aromatic nitrogens is 1.